The predicted molar refractivity (Wildman–Crippen MR) is 117 cm³/mol. The summed E-state index contributed by atoms with van der Waals surface area (Å²) in [5.41, 5.74) is 9.12. The Morgan fingerprint density at radius 3 is 2.00 bits per heavy atom. The maximum absolute atomic E-state index is 3.93. The van der Waals surface area contributed by atoms with Gasteiger partial charge in [-0.15, -0.1) is 19.7 Å². The third-order valence-electron chi connectivity index (χ3n) is 4.76. The lowest BCUT2D eigenvalue weighted by Gasteiger charge is -2.20. The number of benzene rings is 2. The Morgan fingerprint density at radius 1 is 0.769 bits per heavy atom. The minimum atomic E-state index is 0.875. The van der Waals surface area contributed by atoms with Crippen molar-refractivity contribution >= 4 is 11.4 Å². The fourth-order valence-electron chi connectivity index (χ4n) is 3.61. The van der Waals surface area contributed by atoms with Crippen LogP contribution in [-0.4, -0.2) is 0 Å². The highest BCUT2D eigenvalue weighted by atomic mass is 14.9. The molecule has 2 aromatic carbocycles. The molecule has 0 aromatic heterocycles. The summed E-state index contributed by atoms with van der Waals surface area (Å²) in [4.78, 5) is 0. The van der Waals surface area contributed by atoms with Crippen LogP contribution in [0, 0.1) is 0 Å². The van der Waals surface area contributed by atoms with Gasteiger partial charge in [0, 0.05) is 11.4 Å². The summed E-state index contributed by atoms with van der Waals surface area (Å²) in [6, 6.07) is 11.1. The Balaban J connectivity index is 2.54. The van der Waals surface area contributed by atoms with Crippen molar-refractivity contribution in [2.45, 2.75) is 46.0 Å². The SMILES string of the molecule is C=CCc1cc(CC=C)c(CC)c(Nc2cccc(CC=C)c2CC)c1. The van der Waals surface area contributed by atoms with E-state index in [1.807, 2.05) is 18.2 Å². The van der Waals surface area contributed by atoms with Crippen LogP contribution in [0.5, 0.6) is 0 Å². The molecule has 1 heteroatoms. The van der Waals surface area contributed by atoms with Gasteiger partial charge in [0.1, 0.15) is 0 Å². The number of hydrogen-bond acceptors (Lipinski definition) is 1. The molecule has 0 spiro atoms. The molecule has 136 valence electrons. The van der Waals surface area contributed by atoms with Crippen molar-refractivity contribution in [2.24, 2.45) is 0 Å². The van der Waals surface area contributed by atoms with E-state index in [2.05, 4.69) is 69.2 Å². The van der Waals surface area contributed by atoms with Gasteiger partial charge in [0.25, 0.3) is 0 Å². The summed E-state index contributed by atoms with van der Waals surface area (Å²) in [5.74, 6) is 0. The van der Waals surface area contributed by atoms with Gasteiger partial charge < -0.3 is 5.32 Å². The van der Waals surface area contributed by atoms with E-state index in [-0.39, 0.29) is 0 Å². The van der Waals surface area contributed by atoms with Gasteiger partial charge in [-0.05, 0) is 72.1 Å². The molecule has 0 unspecified atom stereocenters. The molecule has 0 saturated carbocycles. The van der Waals surface area contributed by atoms with Gasteiger partial charge in [0.15, 0.2) is 0 Å². The first-order chi connectivity index (χ1) is 12.7. The number of nitrogens with one attached hydrogen (secondary N) is 1. The van der Waals surface area contributed by atoms with E-state index in [0.717, 1.165) is 32.1 Å². The average molecular weight is 346 g/mol. The second-order valence-electron chi connectivity index (χ2n) is 6.53. The summed E-state index contributed by atoms with van der Waals surface area (Å²) in [7, 11) is 0. The minimum Gasteiger partial charge on any atom is -0.355 e. The van der Waals surface area contributed by atoms with E-state index in [4.69, 9.17) is 0 Å². The van der Waals surface area contributed by atoms with Crippen LogP contribution in [0.3, 0.4) is 0 Å². The molecule has 0 amide bonds. The molecule has 26 heavy (non-hydrogen) atoms. The van der Waals surface area contributed by atoms with Crippen molar-refractivity contribution in [3.63, 3.8) is 0 Å². The second-order valence-corrected chi connectivity index (χ2v) is 6.53. The molecule has 0 atom stereocenters. The Hall–Kier alpha value is -2.54. The summed E-state index contributed by atoms with van der Waals surface area (Å²) >= 11 is 0. The zero-order valence-corrected chi connectivity index (χ0v) is 16.3. The zero-order chi connectivity index (χ0) is 18.9. The number of rotatable bonds is 10. The molecule has 1 N–H and O–H groups in total. The molecule has 1 nitrogen and oxygen atoms in total. The topological polar surface area (TPSA) is 12.0 Å². The average Bonchev–Trinajstić information content (AvgIpc) is 2.63. The summed E-state index contributed by atoms with van der Waals surface area (Å²) in [6.07, 6.45) is 10.6. The number of allylic oxidation sites excluding steroid dienone is 3. The number of hydrogen-bond donors (Lipinski definition) is 1. The van der Waals surface area contributed by atoms with Gasteiger partial charge in [-0.2, -0.15) is 0 Å². The first-order valence-corrected chi connectivity index (χ1v) is 9.53. The standard InChI is InChI=1S/C25H31N/c1-6-12-19-17-21(14-8-3)23(10-5)25(18-19)26-24-16-11-15-20(13-7-2)22(24)9-4/h6-8,11,15-18,26H,1-3,9-10,12-14H2,4-5H3. The second kappa shape index (κ2) is 9.82. The van der Waals surface area contributed by atoms with Crippen LogP contribution in [-0.2, 0) is 32.1 Å². The van der Waals surface area contributed by atoms with Gasteiger partial charge in [-0.1, -0.05) is 50.3 Å². The fourth-order valence-corrected chi connectivity index (χ4v) is 3.61. The van der Waals surface area contributed by atoms with E-state index in [1.165, 1.54) is 39.2 Å². The maximum Gasteiger partial charge on any atom is 0.0422 e. The molecule has 0 aliphatic heterocycles. The third-order valence-corrected chi connectivity index (χ3v) is 4.76. The van der Waals surface area contributed by atoms with Crippen LogP contribution in [0.15, 0.2) is 68.3 Å². The first-order valence-electron chi connectivity index (χ1n) is 9.53. The lowest BCUT2D eigenvalue weighted by Crippen LogP contribution is -2.05. The molecule has 2 rings (SSSR count). The normalized spacial score (nSPS) is 10.4. The van der Waals surface area contributed by atoms with Crippen molar-refractivity contribution in [3.8, 4) is 0 Å². The van der Waals surface area contributed by atoms with Crippen LogP contribution in [0.1, 0.15) is 41.7 Å². The monoisotopic (exact) mass is 345 g/mol. The molecule has 0 heterocycles. The molecule has 0 aliphatic rings. The zero-order valence-electron chi connectivity index (χ0n) is 16.3. The largest absolute Gasteiger partial charge is 0.355 e. The summed E-state index contributed by atoms with van der Waals surface area (Å²) in [5, 5.41) is 3.74. The van der Waals surface area contributed by atoms with Crippen LogP contribution in [0.2, 0.25) is 0 Å². The molecular weight excluding hydrogens is 314 g/mol. The third kappa shape index (κ3) is 4.54. The van der Waals surface area contributed by atoms with E-state index < -0.39 is 0 Å². The van der Waals surface area contributed by atoms with Gasteiger partial charge in [0.2, 0.25) is 0 Å². The smallest absolute Gasteiger partial charge is 0.0422 e. The van der Waals surface area contributed by atoms with Crippen molar-refractivity contribution in [3.05, 3.63) is 96.1 Å². The van der Waals surface area contributed by atoms with E-state index in [0.29, 0.717) is 0 Å². The lowest BCUT2D eigenvalue weighted by molar-refractivity contribution is 1.06. The molecule has 2 aromatic rings. The number of anilines is 2. The Labute approximate surface area is 159 Å². The Morgan fingerprint density at radius 2 is 1.38 bits per heavy atom. The van der Waals surface area contributed by atoms with Gasteiger partial charge >= 0.3 is 0 Å². The van der Waals surface area contributed by atoms with Crippen molar-refractivity contribution < 1.29 is 0 Å². The van der Waals surface area contributed by atoms with E-state index >= 15 is 0 Å². The lowest BCUT2D eigenvalue weighted by atomic mass is 9.95. The molecule has 0 fully saturated rings. The van der Waals surface area contributed by atoms with Crippen LogP contribution in [0.25, 0.3) is 0 Å². The molecule has 0 radical (unpaired) electrons. The van der Waals surface area contributed by atoms with Crippen LogP contribution in [0.4, 0.5) is 11.4 Å². The van der Waals surface area contributed by atoms with Gasteiger partial charge in [-0.3, -0.25) is 0 Å². The summed E-state index contributed by atoms with van der Waals surface area (Å²) in [6.45, 7) is 16.2. The fraction of sp³-hybridized carbons (Fsp3) is 0.280. The molecule has 0 aliphatic carbocycles. The van der Waals surface area contributed by atoms with Crippen molar-refractivity contribution in [1.29, 1.82) is 0 Å². The highest BCUT2D eigenvalue weighted by Gasteiger charge is 2.12. The van der Waals surface area contributed by atoms with E-state index in [9.17, 15) is 0 Å². The molecule has 0 saturated heterocycles. The van der Waals surface area contributed by atoms with Gasteiger partial charge in [0.05, 0.1) is 0 Å². The Kier molecular flexibility index (Phi) is 7.47. The highest BCUT2D eigenvalue weighted by Crippen LogP contribution is 2.31. The predicted octanol–water partition coefficient (Wildman–Crippen LogP) is 6.74. The van der Waals surface area contributed by atoms with E-state index in [1.54, 1.807) is 0 Å². The quantitative estimate of drug-likeness (QED) is 0.470. The molecule has 0 bridgehead atoms. The van der Waals surface area contributed by atoms with Gasteiger partial charge in [-0.25, -0.2) is 0 Å². The van der Waals surface area contributed by atoms with Crippen molar-refractivity contribution in [2.75, 3.05) is 5.32 Å². The van der Waals surface area contributed by atoms with Crippen molar-refractivity contribution in [1.82, 2.24) is 0 Å². The minimum absolute atomic E-state index is 0.875. The van der Waals surface area contributed by atoms with Crippen LogP contribution >= 0.6 is 0 Å². The highest BCUT2D eigenvalue weighted by molar-refractivity contribution is 5.69. The summed E-state index contributed by atoms with van der Waals surface area (Å²) < 4.78 is 0. The van der Waals surface area contributed by atoms with Crippen LogP contribution < -0.4 is 5.32 Å². The first kappa shape index (κ1) is 19.8. The Bertz CT molecular complexity index is 783. The molecular formula is C25H31N. The maximum atomic E-state index is 3.93.